The number of hydrogen-bond acceptors (Lipinski definition) is 11. The van der Waals surface area contributed by atoms with E-state index in [1.807, 2.05) is 46.6 Å². The zero-order valence-electron chi connectivity index (χ0n) is 19.6. The lowest BCUT2D eigenvalue weighted by atomic mass is 10.0. The molecule has 5 rings (SSSR count). The van der Waals surface area contributed by atoms with E-state index in [0.717, 1.165) is 22.0 Å². The quantitative estimate of drug-likeness (QED) is 0.120. The minimum Gasteiger partial charge on any atom is -0.543 e. The maximum Gasteiger partial charge on any atom is 0.286 e. The summed E-state index contributed by atoms with van der Waals surface area (Å²) in [6, 6.07) is 4.93. The number of carbonyl (C=O) groups is 3. The first kappa shape index (κ1) is 25.1. The van der Waals surface area contributed by atoms with Crippen molar-refractivity contribution in [2.75, 3.05) is 24.3 Å². The number of nitrogens with two attached hydrogens (primary N) is 1. The largest absolute Gasteiger partial charge is 0.543 e. The van der Waals surface area contributed by atoms with Crippen molar-refractivity contribution in [3.05, 3.63) is 52.9 Å². The van der Waals surface area contributed by atoms with Gasteiger partial charge in [0, 0.05) is 23.0 Å². The van der Waals surface area contributed by atoms with E-state index in [2.05, 4.69) is 15.5 Å². The number of fused-ring (bicyclic) bond motifs is 2. The Balaban J connectivity index is 1.33. The molecule has 0 bridgehead atoms. The van der Waals surface area contributed by atoms with Crippen LogP contribution in [0.25, 0.3) is 5.65 Å². The molecule has 3 aromatic rings. The van der Waals surface area contributed by atoms with Crippen molar-refractivity contribution in [2.24, 2.45) is 12.2 Å². The van der Waals surface area contributed by atoms with E-state index in [-0.39, 0.29) is 22.2 Å². The molecule has 1 fully saturated rings. The van der Waals surface area contributed by atoms with Gasteiger partial charge in [-0.2, -0.15) is 4.40 Å². The van der Waals surface area contributed by atoms with Crippen LogP contribution in [0.4, 0.5) is 5.13 Å². The van der Waals surface area contributed by atoms with Crippen LogP contribution >= 0.6 is 34.9 Å². The van der Waals surface area contributed by atoms with Crippen molar-refractivity contribution in [1.82, 2.24) is 19.6 Å². The Kier molecular flexibility index (Phi) is 6.83. The predicted octanol–water partition coefficient (Wildman–Crippen LogP) is -0.651. The normalized spacial score (nSPS) is 19.6. The average molecular weight is 560 g/mol. The summed E-state index contributed by atoms with van der Waals surface area (Å²) in [7, 11) is 3.23. The molecular weight excluding hydrogens is 538 g/mol. The number of amides is 2. The highest BCUT2D eigenvalue weighted by Crippen LogP contribution is 2.41. The fourth-order valence-corrected chi connectivity index (χ4v) is 7.19. The van der Waals surface area contributed by atoms with Gasteiger partial charge in [0.25, 0.3) is 17.5 Å². The van der Waals surface area contributed by atoms with Crippen LogP contribution in [0.15, 0.2) is 57.4 Å². The standard InChI is InChI=1S/C22H21N7O5S3/c1-27-6-7-28-13(27)4-3-5-14(28)35-8-11-9-36-20-16(19(31)29(20)17(11)21(32)33)25-18(30)15(26-34-2)12-10-37-22(23)24-12/h3-7,10,16,20H,8-9H2,1-2H3,(H3-,23,24,25,30,32,33)/b26-15-/t16-,20-/m1/s1. The minimum atomic E-state index is -1.43. The molecule has 12 nitrogen and oxygen atoms in total. The number of β-lactam (4-membered cyclic amide) rings is 1. The van der Waals surface area contributed by atoms with Crippen LogP contribution in [0.2, 0.25) is 0 Å². The van der Waals surface area contributed by atoms with E-state index in [9.17, 15) is 19.5 Å². The van der Waals surface area contributed by atoms with Crippen molar-refractivity contribution in [2.45, 2.75) is 16.4 Å². The Morgan fingerprint density at radius 2 is 2.24 bits per heavy atom. The van der Waals surface area contributed by atoms with E-state index < -0.39 is 29.2 Å². The van der Waals surface area contributed by atoms with Gasteiger partial charge in [0.2, 0.25) is 0 Å². The van der Waals surface area contributed by atoms with Crippen LogP contribution < -0.4 is 20.7 Å². The van der Waals surface area contributed by atoms with Crippen LogP contribution in [0.5, 0.6) is 0 Å². The number of aliphatic carboxylic acids is 1. The van der Waals surface area contributed by atoms with Gasteiger partial charge in [-0.15, -0.1) is 23.1 Å². The minimum absolute atomic E-state index is 0.136. The second-order valence-corrected chi connectivity index (χ2v) is 11.1. The number of anilines is 1. The van der Waals surface area contributed by atoms with Gasteiger partial charge in [-0.25, -0.2) is 9.55 Å². The molecule has 0 spiro atoms. The molecular formula is C22H21N7O5S3. The molecule has 2 amide bonds. The maximum absolute atomic E-state index is 13.0. The SMILES string of the molecule is CO/N=C(\C(=O)N[C@@H]1C(=O)N2C(C(=O)[O-])=C(CSc3cccc4n3cc[n+]4C)CS[C@H]12)c1csc(N)n1. The van der Waals surface area contributed by atoms with E-state index >= 15 is 0 Å². The number of nitrogens with zero attached hydrogens (tertiary/aromatic N) is 5. The van der Waals surface area contributed by atoms with Crippen molar-refractivity contribution in [3.63, 3.8) is 0 Å². The lowest BCUT2D eigenvalue weighted by molar-refractivity contribution is -0.644. The Hall–Kier alpha value is -3.56. The highest BCUT2D eigenvalue weighted by molar-refractivity contribution is 8.01. The molecule has 37 heavy (non-hydrogen) atoms. The molecule has 2 atom stereocenters. The number of hydrogen-bond donors (Lipinski definition) is 2. The Morgan fingerprint density at radius 3 is 2.95 bits per heavy atom. The molecule has 3 N–H and O–H groups in total. The van der Waals surface area contributed by atoms with Crippen LogP contribution in [-0.4, -0.2) is 67.8 Å². The third-order valence-corrected chi connectivity index (χ3v) is 8.99. The van der Waals surface area contributed by atoms with Crippen LogP contribution in [-0.2, 0) is 26.3 Å². The zero-order valence-corrected chi connectivity index (χ0v) is 22.1. The summed E-state index contributed by atoms with van der Waals surface area (Å²) in [6.07, 6.45) is 3.87. The number of aryl methyl sites for hydroxylation is 1. The van der Waals surface area contributed by atoms with Crippen molar-refractivity contribution in [3.8, 4) is 0 Å². The van der Waals surface area contributed by atoms with Gasteiger partial charge in [0.15, 0.2) is 15.9 Å². The van der Waals surface area contributed by atoms with Gasteiger partial charge in [-0.1, -0.05) is 16.9 Å². The lowest BCUT2D eigenvalue weighted by Gasteiger charge is -2.50. The summed E-state index contributed by atoms with van der Waals surface area (Å²) in [5.74, 6) is -1.92. The molecule has 1 saturated heterocycles. The van der Waals surface area contributed by atoms with Gasteiger partial charge in [0.05, 0.1) is 18.7 Å². The molecule has 0 unspecified atom stereocenters. The third-order valence-electron chi connectivity index (χ3n) is 5.85. The number of carboxylic acid groups (broad SMARTS) is 1. The number of rotatable bonds is 8. The Bertz CT molecular complexity index is 1480. The molecule has 0 saturated carbocycles. The van der Waals surface area contributed by atoms with Crippen molar-refractivity contribution >= 4 is 69.1 Å². The molecule has 0 radical (unpaired) electrons. The molecule has 0 aromatic carbocycles. The van der Waals surface area contributed by atoms with Crippen molar-refractivity contribution in [1.29, 1.82) is 0 Å². The molecule has 15 heteroatoms. The molecule has 2 aliphatic rings. The smallest absolute Gasteiger partial charge is 0.286 e. The number of thioether (sulfide) groups is 2. The molecule has 0 aliphatic carbocycles. The monoisotopic (exact) mass is 559 g/mol. The van der Waals surface area contributed by atoms with Gasteiger partial charge in [-0.05, 0) is 17.7 Å². The number of carbonyl (C=O) groups excluding carboxylic acids is 3. The lowest BCUT2D eigenvalue weighted by Crippen LogP contribution is -2.71. The summed E-state index contributed by atoms with van der Waals surface area (Å²) in [5.41, 5.74) is 7.16. The number of imidazole rings is 1. The average Bonchev–Trinajstić information content (AvgIpc) is 3.49. The fraction of sp³-hybridized carbons (Fsp3) is 0.273. The number of nitrogen functional groups attached to an aromatic ring is 1. The number of aromatic nitrogens is 3. The van der Waals surface area contributed by atoms with E-state index in [1.165, 1.54) is 35.5 Å². The topological polar surface area (TPSA) is 158 Å². The van der Waals surface area contributed by atoms with Crippen LogP contribution in [0, 0.1) is 0 Å². The maximum atomic E-state index is 13.0. The first-order valence-corrected chi connectivity index (χ1v) is 13.8. The van der Waals surface area contributed by atoms with Gasteiger partial charge < -0.3 is 25.8 Å². The number of carboxylic acids is 1. The predicted molar refractivity (Wildman–Crippen MR) is 136 cm³/mol. The van der Waals surface area contributed by atoms with E-state index in [1.54, 1.807) is 5.38 Å². The van der Waals surface area contributed by atoms with Gasteiger partial charge in [-0.3, -0.25) is 14.5 Å². The highest BCUT2D eigenvalue weighted by Gasteiger charge is 2.53. The second-order valence-electron chi connectivity index (χ2n) is 8.08. The number of pyridine rings is 1. The van der Waals surface area contributed by atoms with Gasteiger partial charge in [0.1, 0.15) is 36.6 Å². The third kappa shape index (κ3) is 4.53. The zero-order chi connectivity index (χ0) is 26.3. The molecule has 192 valence electrons. The summed E-state index contributed by atoms with van der Waals surface area (Å²) >= 11 is 3.98. The number of nitrogens with one attached hydrogen (secondary N) is 1. The van der Waals surface area contributed by atoms with E-state index in [4.69, 9.17) is 10.6 Å². The summed E-state index contributed by atoms with van der Waals surface area (Å²) in [4.78, 5) is 48.0. The van der Waals surface area contributed by atoms with Crippen LogP contribution in [0.3, 0.4) is 0 Å². The summed E-state index contributed by atoms with van der Waals surface area (Å²) < 4.78 is 3.99. The number of oxime groups is 1. The molecule has 5 heterocycles. The summed E-state index contributed by atoms with van der Waals surface area (Å²) in [6.45, 7) is 0. The molecule has 3 aromatic heterocycles. The first-order valence-electron chi connectivity index (χ1n) is 10.9. The van der Waals surface area contributed by atoms with Gasteiger partial charge >= 0.3 is 0 Å². The highest BCUT2D eigenvalue weighted by atomic mass is 32.2. The fourth-order valence-electron chi connectivity index (χ4n) is 4.13. The Labute approximate surface area is 223 Å². The van der Waals surface area contributed by atoms with Crippen molar-refractivity contribution < 1.29 is 28.9 Å². The number of thiazole rings is 1. The molecule has 2 aliphatic heterocycles. The first-order chi connectivity index (χ1) is 17.8. The Morgan fingerprint density at radius 1 is 1.43 bits per heavy atom. The van der Waals surface area contributed by atoms with E-state index in [0.29, 0.717) is 17.1 Å². The van der Waals surface area contributed by atoms with Crippen LogP contribution in [0.1, 0.15) is 5.69 Å². The summed E-state index contributed by atoms with van der Waals surface area (Å²) in [5, 5.41) is 20.6. The second kappa shape index (κ2) is 10.1.